The van der Waals surface area contributed by atoms with Gasteiger partial charge >= 0.3 is 0 Å². The van der Waals surface area contributed by atoms with E-state index in [1.807, 2.05) is 0 Å². The number of nitrogens with zero attached hydrogens (tertiary/aromatic N) is 1. The van der Waals surface area contributed by atoms with Gasteiger partial charge in [0.25, 0.3) is 5.91 Å². The van der Waals surface area contributed by atoms with Gasteiger partial charge in [-0.3, -0.25) is 4.79 Å². The Morgan fingerprint density at radius 3 is 2.08 bits per heavy atom. The second kappa shape index (κ2) is 8.01. The average Bonchev–Trinajstić information content (AvgIpc) is 2.64. The molecular formula is C18H20N2O5S. The smallest absolute Gasteiger partial charge is 0.271 e. The molecule has 0 aliphatic rings. The summed E-state index contributed by atoms with van der Waals surface area (Å²) in [7, 11) is -0.249. The van der Waals surface area contributed by atoms with E-state index in [1.54, 1.807) is 37.3 Å². The lowest BCUT2D eigenvalue weighted by Crippen LogP contribution is -2.19. The molecule has 138 valence electrons. The van der Waals surface area contributed by atoms with Gasteiger partial charge in [0, 0.05) is 11.8 Å². The molecule has 0 aliphatic carbocycles. The van der Waals surface area contributed by atoms with E-state index in [9.17, 15) is 13.2 Å². The van der Waals surface area contributed by atoms with Crippen molar-refractivity contribution in [3.05, 3.63) is 53.6 Å². The van der Waals surface area contributed by atoms with E-state index in [-0.39, 0.29) is 4.90 Å². The number of hydrazone groups is 1. The van der Waals surface area contributed by atoms with Crippen LogP contribution in [0.2, 0.25) is 0 Å². The number of benzene rings is 2. The van der Waals surface area contributed by atoms with Crippen LogP contribution in [0, 0.1) is 0 Å². The van der Waals surface area contributed by atoms with E-state index in [0.717, 1.165) is 6.26 Å². The molecule has 2 rings (SSSR count). The molecule has 2 aromatic carbocycles. The van der Waals surface area contributed by atoms with Crippen LogP contribution in [-0.4, -0.2) is 40.5 Å². The van der Waals surface area contributed by atoms with Crippen LogP contribution in [-0.2, 0) is 9.84 Å². The fourth-order valence-electron chi connectivity index (χ4n) is 2.18. The molecule has 1 amide bonds. The molecule has 0 atom stereocenters. The van der Waals surface area contributed by atoms with Crippen molar-refractivity contribution in [2.24, 2.45) is 5.10 Å². The number of sulfone groups is 1. The molecular weight excluding hydrogens is 356 g/mol. The number of carbonyl (C=O) groups is 1. The predicted octanol–water partition coefficient (Wildman–Crippen LogP) is 2.26. The highest BCUT2D eigenvalue weighted by molar-refractivity contribution is 7.90. The van der Waals surface area contributed by atoms with Gasteiger partial charge in [-0.15, -0.1) is 0 Å². The Hall–Kier alpha value is -2.87. The van der Waals surface area contributed by atoms with E-state index < -0.39 is 15.7 Å². The van der Waals surface area contributed by atoms with Crippen LogP contribution < -0.4 is 14.9 Å². The first-order chi connectivity index (χ1) is 12.3. The van der Waals surface area contributed by atoms with Crippen LogP contribution in [0.5, 0.6) is 11.5 Å². The normalized spacial score (nSPS) is 11.8. The fraction of sp³-hybridized carbons (Fsp3) is 0.222. The number of ether oxygens (including phenoxy) is 2. The number of hydrogen-bond acceptors (Lipinski definition) is 6. The molecule has 0 aliphatic heterocycles. The zero-order valence-corrected chi connectivity index (χ0v) is 15.8. The summed E-state index contributed by atoms with van der Waals surface area (Å²) in [5.41, 5.74) is 4.07. The fourth-order valence-corrected chi connectivity index (χ4v) is 2.81. The molecule has 0 unspecified atom stereocenters. The van der Waals surface area contributed by atoms with Gasteiger partial charge in [0.1, 0.15) is 0 Å². The van der Waals surface area contributed by atoms with Crippen LogP contribution in [0.4, 0.5) is 0 Å². The standard InChI is InChI=1S/C18H20N2O5S/c1-12(13-5-8-15(9-6-13)26(4,22)23)19-20-18(21)14-7-10-16(24-2)17(11-14)25-3/h5-11H,1-4H3,(H,20,21)/b19-12-. The summed E-state index contributed by atoms with van der Waals surface area (Å²) in [4.78, 5) is 12.5. The summed E-state index contributed by atoms with van der Waals surface area (Å²) in [6.45, 7) is 1.71. The summed E-state index contributed by atoms with van der Waals surface area (Å²) in [5, 5.41) is 4.06. The largest absolute Gasteiger partial charge is 0.493 e. The zero-order valence-electron chi connectivity index (χ0n) is 14.9. The van der Waals surface area contributed by atoms with E-state index in [1.165, 1.54) is 26.4 Å². The zero-order chi connectivity index (χ0) is 19.3. The van der Waals surface area contributed by atoms with Gasteiger partial charge in [0.2, 0.25) is 0 Å². The predicted molar refractivity (Wildman–Crippen MR) is 98.8 cm³/mol. The van der Waals surface area contributed by atoms with E-state index >= 15 is 0 Å². The van der Waals surface area contributed by atoms with E-state index in [0.29, 0.717) is 28.3 Å². The molecule has 1 N–H and O–H groups in total. The molecule has 0 saturated heterocycles. The number of nitrogens with one attached hydrogen (secondary N) is 1. The second-order valence-electron chi connectivity index (χ2n) is 5.50. The Balaban J connectivity index is 2.14. The van der Waals surface area contributed by atoms with Crippen molar-refractivity contribution in [2.75, 3.05) is 20.5 Å². The summed E-state index contributed by atoms with van der Waals surface area (Å²) in [6.07, 6.45) is 1.15. The molecule has 7 nitrogen and oxygen atoms in total. The number of rotatable bonds is 6. The lowest BCUT2D eigenvalue weighted by Gasteiger charge is -2.09. The Bertz CT molecular complexity index is 935. The van der Waals surface area contributed by atoms with Gasteiger partial charge < -0.3 is 9.47 Å². The van der Waals surface area contributed by atoms with E-state index in [4.69, 9.17) is 9.47 Å². The molecule has 26 heavy (non-hydrogen) atoms. The lowest BCUT2D eigenvalue weighted by molar-refractivity contribution is 0.0954. The van der Waals surface area contributed by atoms with Crippen LogP contribution in [0.3, 0.4) is 0 Å². The summed E-state index contributed by atoms with van der Waals surface area (Å²) in [5.74, 6) is 0.560. The van der Waals surface area contributed by atoms with Crippen molar-refractivity contribution in [3.8, 4) is 11.5 Å². The molecule has 2 aromatic rings. The van der Waals surface area contributed by atoms with E-state index in [2.05, 4.69) is 10.5 Å². The third kappa shape index (κ3) is 4.60. The third-order valence-corrected chi connectivity index (χ3v) is 4.80. The maximum absolute atomic E-state index is 12.2. The van der Waals surface area contributed by atoms with Gasteiger partial charge in [-0.25, -0.2) is 13.8 Å². The van der Waals surface area contributed by atoms with Crippen molar-refractivity contribution >= 4 is 21.5 Å². The molecule has 0 fully saturated rings. The summed E-state index contributed by atoms with van der Waals surface area (Å²) in [6, 6.07) is 11.1. The van der Waals surface area contributed by atoms with Gasteiger partial charge in [0.15, 0.2) is 21.3 Å². The first kappa shape index (κ1) is 19.5. The average molecular weight is 376 g/mol. The maximum atomic E-state index is 12.2. The molecule has 0 spiro atoms. The highest BCUT2D eigenvalue weighted by Crippen LogP contribution is 2.27. The number of carbonyl (C=O) groups excluding carboxylic acids is 1. The lowest BCUT2D eigenvalue weighted by atomic mass is 10.1. The molecule has 0 saturated carbocycles. The number of amides is 1. The molecule has 8 heteroatoms. The summed E-state index contributed by atoms with van der Waals surface area (Å²) < 4.78 is 33.3. The van der Waals surface area contributed by atoms with Crippen LogP contribution in [0.15, 0.2) is 52.5 Å². The van der Waals surface area contributed by atoms with Gasteiger partial charge in [-0.2, -0.15) is 5.10 Å². The Morgan fingerprint density at radius 2 is 1.54 bits per heavy atom. The quantitative estimate of drug-likeness (QED) is 0.616. The SMILES string of the molecule is COc1ccc(C(=O)N/N=C(/C)c2ccc(S(C)(=O)=O)cc2)cc1OC. The van der Waals surface area contributed by atoms with Crippen LogP contribution in [0.25, 0.3) is 0 Å². The first-order valence-corrected chi connectivity index (χ1v) is 9.52. The minimum atomic E-state index is -3.25. The molecule has 0 aromatic heterocycles. The minimum absolute atomic E-state index is 0.225. The number of hydrogen-bond donors (Lipinski definition) is 1. The van der Waals surface area contributed by atoms with Gasteiger partial charge in [-0.05, 0) is 42.8 Å². The van der Waals surface area contributed by atoms with Gasteiger partial charge in [0.05, 0.1) is 24.8 Å². The maximum Gasteiger partial charge on any atom is 0.271 e. The first-order valence-electron chi connectivity index (χ1n) is 7.63. The molecule has 0 radical (unpaired) electrons. The Morgan fingerprint density at radius 1 is 0.962 bits per heavy atom. The molecule has 0 heterocycles. The van der Waals surface area contributed by atoms with Crippen molar-refractivity contribution < 1.29 is 22.7 Å². The topological polar surface area (TPSA) is 94.1 Å². The monoisotopic (exact) mass is 376 g/mol. The Kier molecular flexibility index (Phi) is 5.99. The number of methoxy groups -OCH3 is 2. The van der Waals surface area contributed by atoms with Crippen molar-refractivity contribution in [2.45, 2.75) is 11.8 Å². The van der Waals surface area contributed by atoms with Crippen molar-refractivity contribution in [1.82, 2.24) is 5.43 Å². The third-order valence-electron chi connectivity index (χ3n) is 3.67. The Labute approximate surface area is 152 Å². The highest BCUT2D eigenvalue weighted by Gasteiger charge is 2.11. The highest BCUT2D eigenvalue weighted by atomic mass is 32.2. The minimum Gasteiger partial charge on any atom is -0.493 e. The van der Waals surface area contributed by atoms with Crippen molar-refractivity contribution in [3.63, 3.8) is 0 Å². The van der Waals surface area contributed by atoms with Gasteiger partial charge in [-0.1, -0.05) is 12.1 Å². The van der Waals surface area contributed by atoms with Crippen LogP contribution in [0.1, 0.15) is 22.8 Å². The summed E-state index contributed by atoms with van der Waals surface area (Å²) >= 11 is 0. The van der Waals surface area contributed by atoms with Crippen molar-refractivity contribution in [1.29, 1.82) is 0 Å². The van der Waals surface area contributed by atoms with Crippen LogP contribution >= 0.6 is 0 Å². The second-order valence-corrected chi connectivity index (χ2v) is 7.52. The molecule has 0 bridgehead atoms.